The van der Waals surface area contributed by atoms with Crippen LogP contribution in [0.15, 0.2) is 53.6 Å². The van der Waals surface area contributed by atoms with Crippen LogP contribution in [0.4, 0.5) is 0 Å². The minimum absolute atomic E-state index is 0.0688. The Morgan fingerprint density at radius 3 is 2.82 bits per heavy atom. The van der Waals surface area contributed by atoms with Gasteiger partial charge in [0.25, 0.3) is 11.5 Å². The molecule has 0 radical (unpaired) electrons. The summed E-state index contributed by atoms with van der Waals surface area (Å²) in [4.78, 5) is 31.9. The van der Waals surface area contributed by atoms with Gasteiger partial charge in [0.2, 0.25) is 0 Å². The highest BCUT2D eigenvalue weighted by atomic mass is 16.2. The normalized spacial score (nSPS) is 15.2. The van der Waals surface area contributed by atoms with Gasteiger partial charge in [-0.15, -0.1) is 0 Å². The maximum Gasteiger partial charge on any atom is 0.270 e. The van der Waals surface area contributed by atoms with Gasteiger partial charge in [-0.05, 0) is 43.0 Å². The summed E-state index contributed by atoms with van der Waals surface area (Å²) in [7, 11) is 0. The second-order valence-corrected chi connectivity index (χ2v) is 7.46. The van der Waals surface area contributed by atoms with E-state index in [0.29, 0.717) is 12.2 Å². The van der Waals surface area contributed by atoms with Gasteiger partial charge < -0.3 is 5.32 Å². The van der Waals surface area contributed by atoms with Gasteiger partial charge in [-0.1, -0.05) is 30.3 Å². The number of pyridine rings is 1. The quantitative estimate of drug-likeness (QED) is 0.758. The van der Waals surface area contributed by atoms with Crippen LogP contribution in [0.3, 0.4) is 0 Å². The molecule has 0 bridgehead atoms. The topological polar surface area (TPSA) is 66.7 Å². The van der Waals surface area contributed by atoms with Crippen molar-refractivity contribution < 1.29 is 4.79 Å². The van der Waals surface area contributed by atoms with Crippen LogP contribution in [-0.2, 0) is 13.0 Å². The number of hydrogen-bond donors (Lipinski definition) is 1. The highest BCUT2D eigenvalue weighted by Crippen LogP contribution is 2.19. The van der Waals surface area contributed by atoms with Crippen LogP contribution in [0.2, 0.25) is 0 Å². The third-order valence-corrected chi connectivity index (χ3v) is 5.44. The predicted octanol–water partition coefficient (Wildman–Crippen LogP) is 2.18. The van der Waals surface area contributed by atoms with Gasteiger partial charge in [0, 0.05) is 38.1 Å². The Morgan fingerprint density at radius 1 is 1.21 bits per heavy atom. The highest BCUT2D eigenvalue weighted by Gasteiger charge is 2.21. The molecule has 1 aliphatic rings. The number of carbonyl (C=O) groups is 1. The van der Waals surface area contributed by atoms with Gasteiger partial charge in [0.15, 0.2) is 0 Å². The SMILES string of the molecule is Cc1ccc2ncc(C(=O)NCC(C)N3CCc4ccccc4C3)c(=O)n2c1. The number of carbonyl (C=O) groups excluding carboxylic acids is 1. The van der Waals surface area contributed by atoms with Crippen LogP contribution in [0.5, 0.6) is 0 Å². The number of hydrogen-bond acceptors (Lipinski definition) is 4. The van der Waals surface area contributed by atoms with E-state index < -0.39 is 0 Å². The molecule has 1 atom stereocenters. The molecule has 1 N–H and O–H groups in total. The van der Waals surface area contributed by atoms with E-state index in [1.807, 2.05) is 13.0 Å². The minimum atomic E-state index is -0.377. The van der Waals surface area contributed by atoms with Crippen molar-refractivity contribution in [1.29, 1.82) is 0 Å². The molecule has 1 amide bonds. The van der Waals surface area contributed by atoms with E-state index in [4.69, 9.17) is 0 Å². The number of amides is 1. The van der Waals surface area contributed by atoms with E-state index in [2.05, 4.69) is 46.4 Å². The van der Waals surface area contributed by atoms with Gasteiger partial charge in [-0.3, -0.25) is 18.9 Å². The number of nitrogens with zero attached hydrogens (tertiary/aromatic N) is 3. The first-order chi connectivity index (χ1) is 13.5. The molecule has 6 heteroatoms. The Kier molecular flexibility index (Phi) is 4.96. The fourth-order valence-corrected chi connectivity index (χ4v) is 3.70. The summed E-state index contributed by atoms with van der Waals surface area (Å²) >= 11 is 0. The molecular weight excluding hydrogens is 352 g/mol. The molecule has 0 saturated carbocycles. The zero-order chi connectivity index (χ0) is 19.7. The zero-order valence-electron chi connectivity index (χ0n) is 16.2. The molecule has 1 unspecified atom stereocenters. The Bertz CT molecular complexity index is 1090. The van der Waals surface area contributed by atoms with Gasteiger partial charge in [-0.25, -0.2) is 4.98 Å². The van der Waals surface area contributed by atoms with Crippen molar-refractivity contribution in [2.75, 3.05) is 13.1 Å². The Balaban J connectivity index is 1.44. The van der Waals surface area contributed by atoms with E-state index in [1.165, 1.54) is 21.7 Å². The molecule has 0 aliphatic carbocycles. The van der Waals surface area contributed by atoms with Gasteiger partial charge in [0.05, 0.1) is 0 Å². The van der Waals surface area contributed by atoms with Crippen molar-refractivity contribution in [3.05, 3.63) is 81.4 Å². The van der Waals surface area contributed by atoms with Crippen LogP contribution in [0.25, 0.3) is 5.65 Å². The fourth-order valence-electron chi connectivity index (χ4n) is 3.70. The molecule has 2 aromatic heterocycles. The van der Waals surface area contributed by atoms with E-state index in [0.717, 1.165) is 25.1 Å². The maximum atomic E-state index is 12.7. The predicted molar refractivity (Wildman–Crippen MR) is 109 cm³/mol. The van der Waals surface area contributed by atoms with Crippen LogP contribution in [0.1, 0.15) is 34.0 Å². The Hall–Kier alpha value is -2.99. The summed E-state index contributed by atoms with van der Waals surface area (Å²) in [5, 5.41) is 2.91. The zero-order valence-corrected chi connectivity index (χ0v) is 16.2. The van der Waals surface area contributed by atoms with Crippen molar-refractivity contribution in [3.8, 4) is 0 Å². The van der Waals surface area contributed by atoms with Crippen LogP contribution >= 0.6 is 0 Å². The molecule has 0 fully saturated rings. The minimum Gasteiger partial charge on any atom is -0.350 e. The number of aryl methyl sites for hydroxylation is 1. The Morgan fingerprint density at radius 2 is 2.00 bits per heavy atom. The summed E-state index contributed by atoms with van der Waals surface area (Å²) < 4.78 is 1.43. The molecule has 4 rings (SSSR count). The van der Waals surface area contributed by atoms with Crippen molar-refractivity contribution in [2.45, 2.75) is 32.9 Å². The summed E-state index contributed by atoms with van der Waals surface area (Å²) in [6.07, 6.45) is 4.09. The number of fused-ring (bicyclic) bond motifs is 2. The molecule has 0 spiro atoms. The summed E-state index contributed by atoms with van der Waals surface area (Å²) in [6.45, 7) is 6.33. The third kappa shape index (κ3) is 3.55. The first kappa shape index (κ1) is 18.4. The van der Waals surface area contributed by atoms with Crippen LogP contribution in [-0.4, -0.2) is 39.3 Å². The van der Waals surface area contributed by atoms with Crippen molar-refractivity contribution in [2.24, 2.45) is 0 Å². The number of rotatable bonds is 4. The summed E-state index contributed by atoms with van der Waals surface area (Å²) in [5.74, 6) is -0.377. The van der Waals surface area contributed by atoms with Crippen LogP contribution < -0.4 is 10.9 Å². The molecule has 3 aromatic rings. The largest absolute Gasteiger partial charge is 0.350 e. The van der Waals surface area contributed by atoms with E-state index in [9.17, 15) is 9.59 Å². The first-order valence-electron chi connectivity index (χ1n) is 9.60. The van der Waals surface area contributed by atoms with Crippen molar-refractivity contribution in [3.63, 3.8) is 0 Å². The fraction of sp³-hybridized carbons (Fsp3) is 0.318. The third-order valence-electron chi connectivity index (χ3n) is 5.44. The lowest BCUT2D eigenvalue weighted by molar-refractivity contribution is 0.0930. The molecule has 1 aromatic carbocycles. The van der Waals surface area contributed by atoms with E-state index in [1.54, 1.807) is 12.3 Å². The second kappa shape index (κ2) is 7.56. The Labute approximate surface area is 163 Å². The summed E-state index contributed by atoms with van der Waals surface area (Å²) in [6, 6.07) is 12.3. The van der Waals surface area contributed by atoms with Crippen molar-refractivity contribution >= 4 is 11.6 Å². The number of nitrogens with one attached hydrogen (secondary N) is 1. The first-order valence-corrected chi connectivity index (χ1v) is 9.60. The average Bonchev–Trinajstić information content (AvgIpc) is 2.72. The molecule has 3 heterocycles. The highest BCUT2D eigenvalue weighted by molar-refractivity contribution is 5.93. The molecule has 144 valence electrons. The molecule has 6 nitrogen and oxygen atoms in total. The monoisotopic (exact) mass is 376 g/mol. The van der Waals surface area contributed by atoms with Gasteiger partial charge in [-0.2, -0.15) is 0 Å². The van der Waals surface area contributed by atoms with Gasteiger partial charge >= 0.3 is 0 Å². The molecular formula is C22H24N4O2. The van der Waals surface area contributed by atoms with Crippen LogP contribution in [0, 0.1) is 6.92 Å². The lowest BCUT2D eigenvalue weighted by atomic mass is 9.99. The molecule has 28 heavy (non-hydrogen) atoms. The average molecular weight is 376 g/mol. The number of benzene rings is 1. The van der Waals surface area contributed by atoms with E-state index >= 15 is 0 Å². The smallest absolute Gasteiger partial charge is 0.270 e. The lowest BCUT2D eigenvalue weighted by Crippen LogP contribution is -2.45. The van der Waals surface area contributed by atoms with Crippen molar-refractivity contribution in [1.82, 2.24) is 19.6 Å². The molecule has 0 saturated heterocycles. The lowest BCUT2D eigenvalue weighted by Gasteiger charge is -2.33. The number of aromatic nitrogens is 2. The molecule has 1 aliphatic heterocycles. The van der Waals surface area contributed by atoms with Gasteiger partial charge in [0.1, 0.15) is 11.2 Å². The summed E-state index contributed by atoms with van der Waals surface area (Å²) in [5.41, 5.74) is 3.95. The maximum absolute atomic E-state index is 12.7. The second-order valence-electron chi connectivity index (χ2n) is 7.46. The standard InChI is InChI=1S/C22H24N4O2/c1-15-7-8-20-23-12-19(22(28)26(20)13-15)21(27)24-11-16(2)25-10-9-17-5-3-4-6-18(17)14-25/h3-8,12-13,16H,9-11,14H2,1-2H3,(H,24,27). The van der Waals surface area contributed by atoms with E-state index in [-0.39, 0.29) is 23.1 Å².